The van der Waals surface area contributed by atoms with Crippen LogP contribution >= 0.6 is 0 Å². The summed E-state index contributed by atoms with van der Waals surface area (Å²) in [5, 5.41) is 0. The van der Waals surface area contributed by atoms with Gasteiger partial charge in [0.05, 0.1) is 24.9 Å². The lowest BCUT2D eigenvalue weighted by Gasteiger charge is -2.17. The molecule has 2 rings (SSSR count). The van der Waals surface area contributed by atoms with Crippen LogP contribution in [0.15, 0.2) is 30.7 Å². The average Bonchev–Trinajstić information content (AvgIpc) is 2.57. The molecule has 2 aromatic heterocycles. The molecule has 23 heavy (non-hydrogen) atoms. The van der Waals surface area contributed by atoms with Gasteiger partial charge in [-0.05, 0) is 19.1 Å². The first-order chi connectivity index (χ1) is 11.1. The molecule has 8 heteroatoms. The standard InChI is InChI=1S/C15H19N5O3/c1-3-22-14(21)11-8-18-15(19-9-11)20(2)6-7-23-12-4-5-13(16)17-10-12/h4-5,8-10H,3,6-7H2,1-2H3,(H2,16,17). The summed E-state index contributed by atoms with van der Waals surface area (Å²) in [5.74, 6) is 1.16. The van der Waals surface area contributed by atoms with Crippen LogP contribution in [0.3, 0.4) is 0 Å². The van der Waals surface area contributed by atoms with Gasteiger partial charge in [0.25, 0.3) is 0 Å². The van der Waals surface area contributed by atoms with Crippen molar-refractivity contribution in [1.82, 2.24) is 15.0 Å². The molecule has 0 fully saturated rings. The molecule has 0 bridgehead atoms. The van der Waals surface area contributed by atoms with Crippen LogP contribution in [0, 0.1) is 0 Å². The minimum Gasteiger partial charge on any atom is -0.490 e. The van der Waals surface area contributed by atoms with Crippen LogP contribution in [0.1, 0.15) is 17.3 Å². The van der Waals surface area contributed by atoms with Crippen molar-refractivity contribution in [3.05, 3.63) is 36.3 Å². The maximum Gasteiger partial charge on any atom is 0.341 e. The van der Waals surface area contributed by atoms with Gasteiger partial charge in [-0.25, -0.2) is 19.7 Å². The Labute approximate surface area is 134 Å². The molecule has 0 amide bonds. The first-order valence-corrected chi connectivity index (χ1v) is 7.14. The van der Waals surface area contributed by atoms with E-state index < -0.39 is 5.97 Å². The van der Waals surface area contributed by atoms with Gasteiger partial charge in [-0.3, -0.25) is 0 Å². The van der Waals surface area contributed by atoms with Crippen LogP contribution in [0.2, 0.25) is 0 Å². The number of carbonyl (C=O) groups is 1. The molecule has 0 aliphatic rings. The summed E-state index contributed by atoms with van der Waals surface area (Å²) in [7, 11) is 1.84. The monoisotopic (exact) mass is 317 g/mol. The molecule has 8 nitrogen and oxygen atoms in total. The van der Waals surface area contributed by atoms with Gasteiger partial charge < -0.3 is 20.1 Å². The Kier molecular flexibility index (Phi) is 5.67. The maximum absolute atomic E-state index is 11.5. The Morgan fingerprint density at radius 2 is 1.96 bits per heavy atom. The Morgan fingerprint density at radius 1 is 1.22 bits per heavy atom. The number of hydrogen-bond acceptors (Lipinski definition) is 8. The number of pyridine rings is 1. The van der Waals surface area contributed by atoms with Gasteiger partial charge >= 0.3 is 5.97 Å². The molecule has 2 aromatic rings. The van der Waals surface area contributed by atoms with E-state index in [-0.39, 0.29) is 0 Å². The highest BCUT2D eigenvalue weighted by Gasteiger charge is 2.10. The van der Waals surface area contributed by atoms with Crippen molar-refractivity contribution in [3.8, 4) is 5.75 Å². The summed E-state index contributed by atoms with van der Waals surface area (Å²) in [6, 6.07) is 3.43. The molecule has 0 atom stereocenters. The van der Waals surface area contributed by atoms with Crippen LogP contribution < -0.4 is 15.4 Å². The number of ether oxygens (including phenoxy) is 2. The molecule has 0 radical (unpaired) electrons. The van der Waals surface area contributed by atoms with Crippen molar-refractivity contribution < 1.29 is 14.3 Å². The molecule has 0 aromatic carbocycles. The number of rotatable bonds is 7. The fourth-order valence-electron chi connectivity index (χ4n) is 1.72. The lowest BCUT2D eigenvalue weighted by Crippen LogP contribution is -2.25. The second-order valence-corrected chi connectivity index (χ2v) is 4.68. The van der Waals surface area contributed by atoms with Crippen molar-refractivity contribution in [3.63, 3.8) is 0 Å². The van der Waals surface area contributed by atoms with E-state index in [2.05, 4.69) is 15.0 Å². The highest BCUT2D eigenvalue weighted by atomic mass is 16.5. The fraction of sp³-hybridized carbons (Fsp3) is 0.333. The fourth-order valence-corrected chi connectivity index (χ4v) is 1.72. The summed E-state index contributed by atoms with van der Waals surface area (Å²) >= 11 is 0. The maximum atomic E-state index is 11.5. The number of anilines is 2. The van der Waals surface area contributed by atoms with Gasteiger partial charge in [0.2, 0.25) is 5.95 Å². The molecule has 0 aliphatic heterocycles. The third kappa shape index (κ3) is 4.80. The SMILES string of the molecule is CCOC(=O)c1cnc(N(C)CCOc2ccc(N)nc2)nc1. The number of nitrogens with zero attached hydrogens (tertiary/aromatic N) is 4. The van der Waals surface area contributed by atoms with E-state index in [9.17, 15) is 4.79 Å². The van der Waals surface area contributed by atoms with Gasteiger partial charge in [0.15, 0.2) is 0 Å². The van der Waals surface area contributed by atoms with Gasteiger partial charge in [0, 0.05) is 19.4 Å². The number of hydrogen-bond donors (Lipinski definition) is 1. The van der Waals surface area contributed by atoms with E-state index in [4.69, 9.17) is 15.2 Å². The molecule has 0 aliphatic carbocycles. The lowest BCUT2D eigenvalue weighted by molar-refractivity contribution is 0.0525. The number of nitrogens with two attached hydrogens (primary N) is 1. The summed E-state index contributed by atoms with van der Waals surface area (Å²) in [4.78, 5) is 25.6. The minimum absolute atomic E-state index is 0.317. The summed E-state index contributed by atoms with van der Waals surface area (Å²) in [5.41, 5.74) is 5.83. The minimum atomic E-state index is -0.430. The smallest absolute Gasteiger partial charge is 0.341 e. The number of carbonyl (C=O) groups excluding carboxylic acids is 1. The van der Waals surface area contributed by atoms with Crippen molar-refractivity contribution in [2.24, 2.45) is 0 Å². The predicted octanol–water partition coefficient (Wildman–Crippen LogP) is 1.15. The Bertz CT molecular complexity index is 631. The zero-order chi connectivity index (χ0) is 16.7. The van der Waals surface area contributed by atoms with E-state index in [1.54, 1.807) is 25.3 Å². The Hall–Kier alpha value is -2.90. The molecule has 0 unspecified atom stereocenters. The predicted molar refractivity (Wildman–Crippen MR) is 85.4 cm³/mol. The van der Waals surface area contributed by atoms with E-state index in [1.165, 1.54) is 12.4 Å². The average molecular weight is 317 g/mol. The molecule has 0 saturated heterocycles. The van der Waals surface area contributed by atoms with Crippen LogP contribution in [0.5, 0.6) is 5.75 Å². The van der Waals surface area contributed by atoms with Crippen molar-refractivity contribution >= 4 is 17.7 Å². The number of esters is 1. The topological polar surface area (TPSA) is 103 Å². The van der Waals surface area contributed by atoms with Crippen LogP contribution in [-0.2, 0) is 4.74 Å². The molecule has 2 heterocycles. The third-order valence-corrected chi connectivity index (χ3v) is 2.95. The van der Waals surface area contributed by atoms with Crippen molar-refractivity contribution in [1.29, 1.82) is 0 Å². The number of likely N-dealkylation sites (N-methyl/N-ethyl adjacent to an activating group) is 1. The van der Waals surface area contributed by atoms with Crippen molar-refractivity contribution in [2.75, 3.05) is 37.4 Å². The molecule has 122 valence electrons. The highest BCUT2D eigenvalue weighted by molar-refractivity contribution is 5.88. The largest absolute Gasteiger partial charge is 0.490 e. The number of nitrogen functional groups attached to an aromatic ring is 1. The molecule has 0 spiro atoms. The molecule has 2 N–H and O–H groups in total. The molecular weight excluding hydrogens is 298 g/mol. The van der Waals surface area contributed by atoms with E-state index >= 15 is 0 Å². The first kappa shape index (κ1) is 16.5. The van der Waals surface area contributed by atoms with Crippen LogP contribution in [0.4, 0.5) is 11.8 Å². The summed E-state index contributed by atoms with van der Waals surface area (Å²) in [6.45, 7) is 3.07. The second-order valence-electron chi connectivity index (χ2n) is 4.68. The van der Waals surface area contributed by atoms with Crippen LogP contribution in [-0.4, -0.2) is 47.7 Å². The van der Waals surface area contributed by atoms with Gasteiger partial charge in [-0.1, -0.05) is 0 Å². The van der Waals surface area contributed by atoms with E-state index in [0.29, 0.717) is 42.8 Å². The van der Waals surface area contributed by atoms with Gasteiger partial charge in [-0.2, -0.15) is 0 Å². The zero-order valence-electron chi connectivity index (χ0n) is 13.1. The van der Waals surface area contributed by atoms with E-state index in [1.807, 2.05) is 11.9 Å². The Morgan fingerprint density at radius 3 is 2.57 bits per heavy atom. The quantitative estimate of drug-likeness (QED) is 0.758. The zero-order valence-corrected chi connectivity index (χ0v) is 13.1. The second kappa shape index (κ2) is 7.92. The first-order valence-electron chi connectivity index (χ1n) is 7.14. The van der Waals surface area contributed by atoms with Gasteiger partial charge in [0.1, 0.15) is 18.2 Å². The van der Waals surface area contributed by atoms with Crippen LogP contribution in [0.25, 0.3) is 0 Å². The summed E-state index contributed by atoms with van der Waals surface area (Å²) < 4.78 is 10.4. The molecular formula is C15H19N5O3. The normalized spacial score (nSPS) is 10.2. The molecule has 0 saturated carbocycles. The summed E-state index contributed by atoms with van der Waals surface area (Å²) in [6.07, 6.45) is 4.46. The lowest BCUT2D eigenvalue weighted by atomic mass is 10.3. The number of aromatic nitrogens is 3. The highest BCUT2D eigenvalue weighted by Crippen LogP contribution is 2.10. The van der Waals surface area contributed by atoms with Crippen molar-refractivity contribution in [2.45, 2.75) is 6.92 Å². The van der Waals surface area contributed by atoms with Gasteiger partial charge in [-0.15, -0.1) is 0 Å². The third-order valence-electron chi connectivity index (χ3n) is 2.95. The van der Waals surface area contributed by atoms with E-state index in [0.717, 1.165) is 0 Å². The Balaban J connectivity index is 1.84.